The molecule has 0 atom stereocenters. The van der Waals surface area contributed by atoms with E-state index < -0.39 is 12.0 Å². The number of carbonyl (C=O) groups is 1. The number of likely N-dealkylation sites (tertiary alicyclic amines) is 1. The van der Waals surface area contributed by atoms with Crippen molar-refractivity contribution >= 4 is 27.7 Å². The molecule has 1 fully saturated rings. The summed E-state index contributed by atoms with van der Waals surface area (Å²) in [4.78, 5) is 18.6. The van der Waals surface area contributed by atoms with Crippen molar-refractivity contribution in [2.45, 2.75) is 25.6 Å². The fourth-order valence-electron chi connectivity index (χ4n) is 4.56. The number of piperidine rings is 1. The fourth-order valence-corrected chi connectivity index (χ4v) is 4.56. The molecule has 1 amide bonds. The Kier molecular flexibility index (Phi) is 5.12. The molecule has 164 valence electrons. The molecular weight excluding hydrogens is 415 g/mol. The number of para-hydroxylation sites is 2. The Morgan fingerprint density at radius 3 is 2.38 bits per heavy atom. The lowest BCUT2D eigenvalue weighted by Crippen LogP contribution is -2.39. The molecule has 1 saturated heterocycles. The Hall–Kier alpha value is -3.35. The van der Waals surface area contributed by atoms with Gasteiger partial charge in [0.15, 0.2) is 0 Å². The Morgan fingerprint density at radius 1 is 0.938 bits per heavy atom. The zero-order valence-corrected chi connectivity index (χ0v) is 17.3. The van der Waals surface area contributed by atoms with Crippen LogP contribution < -0.4 is 0 Å². The standard InChI is InChI=1S/C25H22F3N3O/c26-25(27,28)24-29-21-7-3-4-8-22(21)31(24)16-17-11-13-30(14-12-17)23(32)20-10-9-18-5-1-2-6-19(18)15-20/h1-10,15,17H,11-14,16H2. The first-order chi connectivity index (χ1) is 15.4. The predicted octanol–water partition coefficient (Wildman–Crippen LogP) is 5.76. The molecule has 0 spiro atoms. The Balaban J connectivity index is 1.30. The van der Waals surface area contributed by atoms with E-state index in [-0.39, 0.29) is 18.4 Å². The molecule has 0 bridgehead atoms. The summed E-state index contributed by atoms with van der Waals surface area (Å²) in [5.74, 6) is -0.832. The number of benzene rings is 3. The van der Waals surface area contributed by atoms with Crippen molar-refractivity contribution in [3.8, 4) is 0 Å². The lowest BCUT2D eigenvalue weighted by atomic mass is 9.95. The van der Waals surface area contributed by atoms with Crippen molar-refractivity contribution in [3.63, 3.8) is 0 Å². The van der Waals surface area contributed by atoms with Gasteiger partial charge in [0.05, 0.1) is 11.0 Å². The summed E-state index contributed by atoms with van der Waals surface area (Å²) in [6, 6.07) is 20.3. The number of halogens is 3. The first kappa shape index (κ1) is 20.5. The van der Waals surface area contributed by atoms with Gasteiger partial charge in [0.25, 0.3) is 5.91 Å². The van der Waals surface area contributed by atoms with Gasteiger partial charge in [-0.1, -0.05) is 42.5 Å². The van der Waals surface area contributed by atoms with Crippen LogP contribution in [0.2, 0.25) is 0 Å². The number of amides is 1. The quantitative estimate of drug-likeness (QED) is 0.409. The van der Waals surface area contributed by atoms with Crippen LogP contribution in [0.4, 0.5) is 13.2 Å². The van der Waals surface area contributed by atoms with E-state index in [2.05, 4.69) is 4.98 Å². The average Bonchev–Trinajstić information content (AvgIpc) is 3.18. The van der Waals surface area contributed by atoms with Crippen LogP contribution in [0.5, 0.6) is 0 Å². The first-order valence-electron chi connectivity index (χ1n) is 10.7. The molecule has 0 radical (unpaired) electrons. The van der Waals surface area contributed by atoms with Crippen LogP contribution in [-0.4, -0.2) is 33.4 Å². The minimum atomic E-state index is -4.51. The highest BCUT2D eigenvalue weighted by Crippen LogP contribution is 2.33. The maximum absolute atomic E-state index is 13.6. The van der Waals surface area contributed by atoms with Crippen molar-refractivity contribution in [2.24, 2.45) is 5.92 Å². The lowest BCUT2D eigenvalue weighted by Gasteiger charge is -2.32. The van der Waals surface area contributed by atoms with Gasteiger partial charge >= 0.3 is 6.18 Å². The van der Waals surface area contributed by atoms with E-state index in [1.165, 1.54) is 4.57 Å². The molecule has 0 saturated carbocycles. The van der Waals surface area contributed by atoms with Gasteiger partial charge in [-0.25, -0.2) is 4.98 Å². The van der Waals surface area contributed by atoms with E-state index in [9.17, 15) is 18.0 Å². The zero-order chi connectivity index (χ0) is 22.3. The molecule has 7 heteroatoms. The third-order valence-electron chi connectivity index (χ3n) is 6.25. The highest BCUT2D eigenvalue weighted by molar-refractivity contribution is 5.98. The maximum atomic E-state index is 13.6. The maximum Gasteiger partial charge on any atom is 0.449 e. The summed E-state index contributed by atoms with van der Waals surface area (Å²) in [5, 5.41) is 2.09. The number of alkyl halides is 3. The lowest BCUT2D eigenvalue weighted by molar-refractivity contribution is -0.147. The highest BCUT2D eigenvalue weighted by Gasteiger charge is 2.38. The van der Waals surface area contributed by atoms with Crippen LogP contribution in [-0.2, 0) is 12.7 Å². The molecule has 32 heavy (non-hydrogen) atoms. The van der Waals surface area contributed by atoms with Crippen LogP contribution in [0.25, 0.3) is 21.8 Å². The molecule has 4 aromatic rings. The number of hydrogen-bond donors (Lipinski definition) is 0. The van der Waals surface area contributed by atoms with Gasteiger partial charge in [-0.2, -0.15) is 13.2 Å². The van der Waals surface area contributed by atoms with Crippen LogP contribution >= 0.6 is 0 Å². The Bertz CT molecular complexity index is 1290. The molecule has 5 rings (SSSR count). The van der Waals surface area contributed by atoms with E-state index in [1.807, 2.05) is 42.5 Å². The highest BCUT2D eigenvalue weighted by atomic mass is 19.4. The molecule has 1 aliphatic rings. The SMILES string of the molecule is O=C(c1ccc2ccccc2c1)N1CCC(Cn2c(C(F)(F)F)nc3ccccc32)CC1. The van der Waals surface area contributed by atoms with Gasteiger partial charge in [-0.05, 0) is 53.8 Å². The second-order valence-corrected chi connectivity index (χ2v) is 8.33. The van der Waals surface area contributed by atoms with Crippen molar-refractivity contribution in [3.05, 3.63) is 78.1 Å². The number of rotatable bonds is 3. The van der Waals surface area contributed by atoms with Gasteiger partial charge in [0, 0.05) is 25.2 Å². The third kappa shape index (κ3) is 3.83. The van der Waals surface area contributed by atoms with E-state index >= 15 is 0 Å². The second kappa shape index (κ2) is 7.97. The molecule has 1 aliphatic heterocycles. The molecule has 4 nitrogen and oxygen atoms in total. The largest absolute Gasteiger partial charge is 0.449 e. The minimum Gasteiger partial charge on any atom is -0.339 e. The summed E-state index contributed by atoms with van der Waals surface area (Å²) >= 11 is 0. The molecule has 0 aliphatic carbocycles. The summed E-state index contributed by atoms with van der Waals surface area (Å²) in [7, 11) is 0. The van der Waals surface area contributed by atoms with Gasteiger partial charge in [0.1, 0.15) is 0 Å². The normalized spacial score (nSPS) is 15.5. The number of aromatic nitrogens is 2. The van der Waals surface area contributed by atoms with Gasteiger partial charge in [0.2, 0.25) is 5.82 Å². The van der Waals surface area contributed by atoms with E-state index in [0.717, 1.165) is 10.8 Å². The van der Waals surface area contributed by atoms with Crippen LogP contribution in [0, 0.1) is 5.92 Å². The number of fused-ring (bicyclic) bond motifs is 2. The monoisotopic (exact) mass is 437 g/mol. The molecule has 1 aromatic heterocycles. The number of carbonyl (C=O) groups excluding carboxylic acids is 1. The third-order valence-corrected chi connectivity index (χ3v) is 6.25. The van der Waals surface area contributed by atoms with Crippen molar-refractivity contribution < 1.29 is 18.0 Å². The van der Waals surface area contributed by atoms with E-state index in [4.69, 9.17) is 0 Å². The number of imidazole rings is 1. The summed E-state index contributed by atoms with van der Waals surface area (Å²) in [6.45, 7) is 1.31. The van der Waals surface area contributed by atoms with Crippen LogP contribution in [0.15, 0.2) is 66.7 Å². The Morgan fingerprint density at radius 2 is 1.62 bits per heavy atom. The zero-order valence-electron chi connectivity index (χ0n) is 17.3. The second-order valence-electron chi connectivity index (χ2n) is 8.33. The van der Waals surface area contributed by atoms with E-state index in [0.29, 0.717) is 42.5 Å². The minimum absolute atomic E-state index is 0.0294. The first-order valence-corrected chi connectivity index (χ1v) is 10.7. The van der Waals surface area contributed by atoms with E-state index in [1.54, 1.807) is 29.2 Å². The predicted molar refractivity (Wildman–Crippen MR) is 117 cm³/mol. The summed E-state index contributed by atoms with van der Waals surface area (Å²) in [5.41, 5.74) is 1.49. The van der Waals surface area contributed by atoms with Crippen LogP contribution in [0.3, 0.4) is 0 Å². The summed E-state index contributed by atoms with van der Waals surface area (Å²) < 4.78 is 42.0. The van der Waals surface area contributed by atoms with Crippen molar-refractivity contribution in [2.75, 3.05) is 13.1 Å². The smallest absolute Gasteiger partial charge is 0.339 e. The average molecular weight is 437 g/mol. The van der Waals surface area contributed by atoms with Gasteiger partial charge < -0.3 is 9.47 Å². The molecule has 3 aromatic carbocycles. The molecule has 0 N–H and O–H groups in total. The van der Waals surface area contributed by atoms with Crippen molar-refractivity contribution in [1.82, 2.24) is 14.5 Å². The topological polar surface area (TPSA) is 38.1 Å². The van der Waals surface area contributed by atoms with Crippen LogP contribution in [0.1, 0.15) is 29.0 Å². The van der Waals surface area contributed by atoms with Crippen molar-refractivity contribution in [1.29, 1.82) is 0 Å². The summed E-state index contributed by atoms with van der Waals surface area (Å²) in [6.07, 6.45) is -3.20. The molecular formula is C25H22F3N3O. The number of hydrogen-bond acceptors (Lipinski definition) is 2. The van der Waals surface area contributed by atoms with Gasteiger partial charge in [-0.15, -0.1) is 0 Å². The molecule has 2 heterocycles. The van der Waals surface area contributed by atoms with Gasteiger partial charge in [-0.3, -0.25) is 4.79 Å². The Labute approximate surface area is 183 Å². The molecule has 0 unspecified atom stereocenters. The fraction of sp³-hybridized carbons (Fsp3) is 0.280. The number of nitrogens with zero attached hydrogens (tertiary/aromatic N) is 3.